The number of carbonyl (C=O) groups excluding carboxylic acids is 1. The van der Waals surface area contributed by atoms with E-state index in [0.717, 1.165) is 84.9 Å². The Hall–Kier alpha value is -3.95. The summed E-state index contributed by atoms with van der Waals surface area (Å²) in [5.74, 6) is 0.202. The van der Waals surface area contributed by atoms with Crippen molar-refractivity contribution in [2.24, 2.45) is 5.92 Å². The SMILES string of the molecule is Cc1ncc(Cl)cc1C(=O)N[C@H]1CC[C@H](Cn2c(=O)n(-c3ccc4c(C)nn(C5CCCCO5)c4c3)c3ccccc32)CC1. The molecule has 228 valence electrons. The maximum Gasteiger partial charge on any atom is 0.333 e. The number of benzene rings is 2. The highest BCUT2D eigenvalue weighted by molar-refractivity contribution is 6.30. The number of para-hydroxylation sites is 2. The van der Waals surface area contributed by atoms with Crippen molar-refractivity contribution in [3.63, 3.8) is 0 Å². The van der Waals surface area contributed by atoms with E-state index < -0.39 is 0 Å². The molecule has 10 heteroatoms. The molecule has 44 heavy (non-hydrogen) atoms. The highest BCUT2D eigenvalue weighted by Gasteiger charge is 2.26. The van der Waals surface area contributed by atoms with E-state index >= 15 is 0 Å². The number of ether oxygens (including phenoxy) is 1. The first-order valence-electron chi connectivity index (χ1n) is 15.6. The predicted molar refractivity (Wildman–Crippen MR) is 172 cm³/mol. The molecule has 1 aliphatic carbocycles. The number of nitrogens with one attached hydrogen (secondary N) is 1. The van der Waals surface area contributed by atoms with Gasteiger partial charge in [0, 0.05) is 30.8 Å². The monoisotopic (exact) mass is 612 g/mol. The van der Waals surface area contributed by atoms with Crippen molar-refractivity contribution in [1.82, 2.24) is 29.2 Å². The second-order valence-corrected chi connectivity index (χ2v) is 12.7. The van der Waals surface area contributed by atoms with Gasteiger partial charge in [0.05, 0.1) is 44.2 Å². The number of hydrogen-bond donors (Lipinski definition) is 1. The molecule has 3 aromatic heterocycles. The molecule has 1 N–H and O–H groups in total. The molecule has 1 atom stereocenters. The van der Waals surface area contributed by atoms with E-state index in [2.05, 4.69) is 22.4 Å². The van der Waals surface area contributed by atoms with Gasteiger partial charge in [-0.2, -0.15) is 5.10 Å². The van der Waals surface area contributed by atoms with Crippen molar-refractivity contribution in [3.05, 3.63) is 87.2 Å². The maximum absolute atomic E-state index is 14.1. The van der Waals surface area contributed by atoms with Gasteiger partial charge in [-0.1, -0.05) is 23.7 Å². The van der Waals surface area contributed by atoms with Gasteiger partial charge in [-0.05, 0) is 101 Å². The van der Waals surface area contributed by atoms with Crippen LogP contribution in [0.2, 0.25) is 5.02 Å². The number of aromatic nitrogens is 5. The smallest absolute Gasteiger partial charge is 0.333 e. The molecular weight excluding hydrogens is 576 g/mol. The third-order valence-electron chi connectivity index (χ3n) is 9.32. The number of fused-ring (bicyclic) bond motifs is 2. The minimum absolute atomic E-state index is 0.0402. The van der Waals surface area contributed by atoms with E-state index in [1.807, 2.05) is 58.0 Å². The lowest BCUT2D eigenvalue weighted by atomic mass is 9.85. The van der Waals surface area contributed by atoms with Crippen LogP contribution >= 0.6 is 11.6 Å². The number of halogens is 1. The molecule has 2 aliphatic rings. The quantitative estimate of drug-likeness (QED) is 0.236. The number of pyridine rings is 1. The molecule has 5 aromatic rings. The van der Waals surface area contributed by atoms with Crippen molar-refractivity contribution in [3.8, 4) is 5.69 Å². The van der Waals surface area contributed by atoms with Gasteiger partial charge in [-0.3, -0.25) is 18.9 Å². The summed E-state index contributed by atoms with van der Waals surface area (Å²) < 4.78 is 11.8. The Labute approximate surface area is 260 Å². The summed E-state index contributed by atoms with van der Waals surface area (Å²) in [7, 11) is 0. The van der Waals surface area contributed by atoms with Gasteiger partial charge in [0.15, 0.2) is 6.23 Å². The van der Waals surface area contributed by atoms with Crippen molar-refractivity contribution in [1.29, 1.82) is 0 Å². The van der Waals surface area contributed by atoms with E-state index in [1.54, 1.807) is 12.3 Å². The standard InChI is InChI=1S/C34H37ClN6O3/c1-21-28(17-24(35)19-36-21)33(42)37-25-12-10-23(11-13-25)20-39-29-7-3-4-8-30(29)40(34(39)43)26-14-15-27-22(2)38-41(31(27)18-26)32-9-5-6-16-44-32/h3-4,7-8,14-15,17-19,23,25,32H,5-6,9-13,16,20H2,1-2H3,(H,37,42)/t23-,25-,32?. The third-order valence-corrected chi connectivity index (χ3v) is 9.53. The summed E-state index contributed by atoms with van der Waals surface area (Å²) in [6.45, 7) is 5.22. The average molecular weight is 613 g/mol. The minimum atomic E-state index is -0.135. The van der Waals surface area contributed by atoms with Gasteiger partial charge in [0.1, 0.15) is 0 Å². The van der Waals surface area contributed by atoms with E-state index in [4.69, 9.17) is 21.4 Å². The van der Waals surface area contributed by atoms with Crippen LogP contribution in [0.3, 0.4) is 0 Å². The first kappa shape index (κ1) is 28.8. The zero-order valence-corrected chi connectivity index (χ0v) is 25.9. The molecule has 0 bridgehead atoms. The summed E-state index contributed by atoms with van der Waals surface area (Å²) in [6, 6.07) is 15.9. The minimum Gasteiger partial charge on any atom is -0.356 e. The van der Waals surface area contributed by atoms with Crippen LogP contribution in [0.15, 0.2) is 59.5 Å². The summed E-state index contributed by atoms with van der Waals surface area (Å²) in [6.07, 6.45) is 8.17. The number of nitrogens with zero attached hydrogens (tertiary/aromatic N) is 5. The third kappa shape index (κ3) is 5.32. The predicted octanol–water partition coefficient (Wildman–Crippen LogP) is 6.50. The van der Waals surface area contributed by atoms with E-state index in [0.29, 0.717) is 28.7 Å². The molecule has 0 spiro atoms. The fraction of sp³-hybridized carbons (Fsp3) is 0.412. The molecule has 0 radical (unpaired) electrons. The van der Waals surface area contributed by atoms with Crippen LogP contribution in [-0.2, 0) is 11.3 Å². The van der Waals surface area contributed by atoms with Crippen LogP contribution in [0.4, 0.5) is 0 Å². The van der Waals surface area contributed by atoms with Crippen LogP contribution in [0, 0.1) is 19.8 Å². The molecule has 4 heterocycles. The fourth-order valence-electron chi connectivity index (χ4n) is 6.94. The molecule has 9 nitrogen and oxygen atoms in total. The molecule has 1 amide bonds. The molecular formula is C34H37ClN6O3. The Balaban J connectivity index is 1.13. The lowest BCUT2D eigenvalue weighted by Crippen LogP contribution is -2.39. The second-order valence-electron chi connectivity index (χ2n) is 12.2. The summed E-state index contributed by atoms with van der Waals surface area (Å²) >= 11 is 6.08. The molecule has 1 saturated carbocycles. The number of rotatable bonds is 6. The first-order chi connectivity index (χ1) is 21.4. The molecule has 2 fully saturated rings. The van der Waals surface area contributed by atoms with Gasteiger partial charge >= 0.3 is 5.69 Å². The number of imidazole rings is 1. The average Bonchev–Trinajstić information content (AvgIpc) is 3.52. The normalized spacial score (nSPS) is 20.8. The Morgan fingerprint density at radius 1 is 0.977 bits per heavy atom. The summed E-state index contributed by atoms with van der Waals surface area (Å²) in [5, 5.41) is 9.53. The molecule has 1 unspecified atom stereocenters. The Bertz CT molecular complexity index is 1910. The van der Waals surface area contributed by atoms with Gasteiger partial charge in [0.2, 0.25) is 0 Å². The van der Waals surface area contributed by atoms with Crippen LogP contribution in [0.25, 0.3) is 27.6 Å². The van der Waals surface area contributed by atoms with E-state index in [9.17, 15) is 9.59 Å². The Morgan fingerprint density at radius 3 is 2.55 bits per heavy atom. The number of amides is 1. The maximum atomic E-state index is 14.1. The zero-order valence-electron chi connectivity index (χ0n) is 25.1. The zero-order chi connectivity index (χ0) is 30.4. The molecule has 1 aliphatic heterocycles. The van der Waals surface area contributed by atoms with E-state index in [1.165, 1.54) is 0 Å². The topological polar surface area (TPSA) is 96.0 Å². The number of carbonyl (C=O) groups is 1. The van der Waals surface area contributed by atoms with E-state index in [-0.39, 0.29) is 23.9 Å². The van der Waals surface area contributed by atoms with Crippen LogP contribution in [0.5, 0.6) is 0 Å². The Kier molecular flexibility index (Phi) is 7.76. The summed E-state index contributed by atoms with van der Waals surface area (Å²) in [4.78, 5) is 31.2. The molecule has 7 rings (SSSR count). The van der Waals surface area contributed by atoms with Crippen LogP contribution in [0.1, 0.15) is 72.9 Å². The fourth-order valence-corrected chi connectivity index (χ4v) is 7.10. The number of aryl methyl sites for hydroxylation is 2. The second kappa shape index (κ2) is 11.9. The van der Waals surface area contributed by atoms with Gasteiger partial charge in [-0.25, -0.2) is 9.48 Å². The highest BCUT2D eigenvalue weighted by Crippen LogP contribution is 2.31. The van der Waals surface area contributed by atoms with Gasteiger partial charge in [0.25, 0.3) is 5.91 Å². The number of hydrogen-bond acceptors (Lipinski definition) is 5. The van der Waals surface area contributed by atoms with Gasteiger partial charge < -0.3 is 10.1 Å². The first-order valence-corrected chi connectivity index (χ1v) is 16.0. The van der Waals surface area contributed by atoms with Crippen molar-refractivity contribution in [2.75, 3.05) is 6.61 Å². The van der Waals surface area contributed by atoms with Gasteiger partial charge in [-0.15, -0.1) is 0 Å². The van der Waals surface area contributed by atoms with Crippen LogP contribution < -0.4 is 11.0 Å². The van der Waals surface area contributed by atoms with Crippen molar-refractivity contribution >= 4 is 39.4 Å². The van der Waals surface area contributed by atoms with Crippen LogP contribution in [-0.4, -0.2) is 42.5 Å². The highest BCUT2D eigenvalue weighted by atomic mass is 35.5. The largest absolute Gasteiger partial charge is 0.356 e. The van der Waals surface area contributed by atoms with Crippen molar-refractivity contribution in [2.45, 2.75) is 77.6 Å². The molecule has 2 aromatic carbocycles. The molecule has 1 saturated heterocycles. The van der Waals surface area contributed by atoms with Crippen molar-refractivity contribution < 1.29 is 9.53 Å². The lowest BCUT2D eigenvalue weighted by molar-refractivity contribution is -0.0368. The summed E-state index contributed by atoms with van der Waals surface area (Å²) in [5.41, 5.74) is 5.73. The Morgan fingerprint density at radius 2 is 1.77 bits per heavy atom. The lowest BCUT2D eigenvalue weighted by Gasteiger charge is -2.29.